The maximum absolute atomic E-state index is 14.5. The highest BCUT2D eigenvalue weighted by molar-refractivity contribution is 6.24. The maximum Gasteiger partial charge on any atom is 0.203 e. The number of aryl methyl sites for hydroxylation is 1. The highest BCUT2D eigenvalue weighted by Gasteiger charge is 2.77. The molecule has 1 saturated carbocycles. The number of hydrogen-bond acceptors (Lipinski definition) is 8. The van der Waals surface area contributed by atoms with Crippen molar-refractivity contribution in [2.24, 2.45) is 28.6 Å². The Morgan fingerprint density at radius 1 is 1.05 bits per heavy atom. The van der Waals surface area contributed by atoms with Crippen LogP contribution in [0, 0.1) is 28.6 Å². The molecule has 0 aromatic heterocycles. The van der Waals surface area contributed by atoms with Gasteiger partial charge in [0.1, 0.15) is 22.8 Å². The van der Waals surface area contributed by atoms with Crippen molar-refractivity contribution in [3.8, 4) is 5.75 Å². The molecule has 1 unspecified atom stereocenters. The van der Waals surface area contributed by atoms with E-state index in [-0.39, 0.29) is 16.9 Å². The SMILES string of the molecule is CC(=O)C1=C(O)[C@]2(O)C(=O)C3=C(O)c4c(ccc(CCCC(C)C)c4O)[C@@H](C)[C@]3(C)[C@@H](O)[C@]2(C)C(C(C)C)C1=O. The lowest BCUT2D eigenvalue weighted by atomic mass is 9.40. The molecular formula is C32H42O8. The summed E-state index contributed by atoms with van der Waals surface area (Å²) in [5.41, 5.74) is -6.19. The molecule has 40 heavy (non-hydrogen) atoms. The molecule has 0 amide bonds. The van der Waals surface area contributed by atoms with Crippen molar-refractivity contribution in [2.45, 2.75) is 92.3 Å². The summed E-state index contributed by atoms with van der Waals surface area (Å²) in [5.74, 6) is -6.43. The van der Waals surface area contributed by atoms with E-state index in [1.807, 2.05) is 0 Å². The Kier molecular flexibility index (Phi) is 7.16. The Balaban J connectivity index is 2.04. The molecule has 6 atom stereocenters. The number of benzene rings is 1. The van der Waals surface area contributed by atoms with Gasteiger partial charge in [-0.05, 0) is 48.6 Å². The molecule has 1 fully saturated rings. The molecule has 4 rings (SSSR count). The summed E-state index contributed by atoms with van der Waals surface area (Å²) in [6.07, 6.45) is 0.673. The second-order valence-corrected chi connectivity index (χ2v) is 13.1. The standard InChI is InChI=1S/C32H42O8/c1-14(2)10-9-11-18-12-13-19-16(5)30(7)23(26(36)21(19)24(18)34)28(38)32(40)27(37)20(17(6)33)25(35)22(15(3)4)31(32,8)29(30)39/h12-16,22,29,34,36-37,39-40H,9-11H2,1-8H3/t16-,22?,29-,30+,31+,32+/m1/s1. The zero-order valence-electron chi connectivity index (χ0n) is 24.6. The fourth-order valence-corrected chi connectivity index (χ4v) is 7.87. The number of aromatic hydroxyl groups is 1. The number of phenols is 1. The van der Waals surface area contributed by atoms with Crippen LogP contribution in [-0.4, -0.2) is 54.6 Å². The zero-order chi connectivity index (χ0) is 30.3. The third-order valence-corrected chi connectivity index (χ3v) is 10.1. The Bertz CT molecular complexity index is 1370. The number of carbonyl (C=O) groups is 3. The number of hydrogen-bond donors (Lipinski definition) is 5. The number of rotatable bonds is 6. The average Bonchev–Trinajstić information content (AvgIpc) is 2.85. The first-order valence-corrected chi connectivity index (χ1v) is 14.1. The number of allylic oxidation sites excluding steroid dienone is 1. The lowest BCUT2D eigenvalue weighted by molar-refractivity contribution is -0.215. The summed E-state index contributed by atoms with van der Waals surface area (Å²) < 4.78 is 0. The van der Waals surface area contributed by atoms with Gasteiger partial charge in [-0.25, -0.2) is 0 Å². The van der Waals surface area contributed by atoms with Crippen LogP contribution in [0.1, 0.15) is 90.8 Å². The molecule has 1 aromatic carbocycles. The van der Waals surface area contributed by atoms with Gasteiger partial charge in [0.15, 0.2) is 17.2 Å². The number of aliphatic hydroxyl groups is 4. The van der Waals surface area contributed by atoms with E-state index in [1.54, 1.807) is 39.8 Å². The Hall–Kier alpha value is -2.97. The predicted octanol–water partition coefficient (Wildman–Crippen LogP) is 4.70. The van der Waals surface area contributed by atoms with Gasteiger partial charge >= 0.3 is 0 Å². The smallest absolute Gasteiger partial charge is 0.203 e. The number of Topliss-reactive ketones (excluding diaryl/α,β-unsaturated/α-hetero) is 3. The van der Waals surface area contributed by atoms with Crippen molar-refractivity contribution >= 4 is 23.1 Å². The summed E-state index contributed by atoms with van der Waals surface area (Å²) in [6, 6.07) is 3.57. The summed E-state index contributed by atoms with van der Waals surface area (Å²) in [7, 11) is 0. The molecule has 1 aromatic rings. The average molecular weight is 555 g/mol. The summed E-state index contributed by atoms with van der Waals surface area (Å²) in [5, 5.41) is 58.6. The maximum atomic E-state index is 14.5. The van der Waals surface area contributed by atoms with Crippen molar-refractivity contribution in [1.29, 1.82) is 0 Å². The van der Waals surface area contributed by atoms with E-state index in [0.717, 1.165) is 19.8 Å². The van der Waals surface area contributed by atoms with E-state index in [4.69, 9.17) is 0 Å². The third kappa shape index (κ3) is 3.54. The molecule has 0 saturated heterocycles. The van der Waals surface area contributed by atoms with Crippen LogP contribution in [0.25, 0.3) is 5.76 Å². The van der Waals surface area contributed by atoms with Crippen LogP contribution in [0.15, 0.2) is 29.0 Å². The lowest BCUT2D eigenvalue weighted by Crippen LogP contribution is -2.75. The van der Waals surface area contributed by atoms with Gasteiger partial charge in [0.25, 0.3) is 0 Å². The van der Waals surface area contributed by atoms with Gasteiger partial charge in [-0.15, -0.1) is 0 Å². The van der Waals surface area contributed by atoms with Gasteiger partial charge in [-0.3, -0.25) is 14.4 Å². The summed E-state index contributed by atoms with van der Waals surface area (Å²) >= 11 is 0. The molecule has 8 nitrogen and oxygen atoms in total. The molecule has 0 bridgehead atoms. The minimum atomic E-state index is -2.87. The van der Waals surface area contributed by atoms with Crippen LogP contribution >= 0.6 is 0 Å². The van der Waals surface area contributed by atoms with Crippen molar-refractivity contribution in [1.82, 2.24) is 0 Å². The first-order valence-electron chi connectivity index (χ1n) is 14.1. The lowest BCUT2D eigenvalue weighted by Gasteiger charge is -2.63. The van der Waals surface area contributed by atoms with E-state index in [9.17, 15) is 39.9 Å². The zero-order valence-corrected chi connectivity index (χ0v) is 24.6. The van der Waals surface area contributed by atoms with E-state index in [1.165, 1.54) is 6.92 Å². The van der Waals surface area contributed by atoms with Gasteiger partial charge in [0, 0.05) is 16.7 Å². The third-order valence-electron chi connectivity index (χ3n) is 10.1. The van der Waals surface area contributed by atoms with Crippen molar-refractivity contribution in [2.75, 3.05) is 0 Å². The highest BCUT2D eigenvalue weighted by atomic mass is 16.4. The topological polar surface area (TPSA) is 152 Å². The molecule has 218 valence electrons. The van der Waals surface area contributed by atoms with Crippen LogP contribution in [0.4, 0.5) is 0 Å². The predicted molar refractivity (Wildman–Crippen MR) is 150 cm³/mol. The molecule has 5 N–H and O–H groups in total. The van der Waals surface area contributed by atoms with Crippen LogP contribution < -0.4 is 0 Å². The molecular weight excluding hydrogens is 512 g/mol. The Morgan fingerprint density at radius 2 is 1.65 bits per heavy atom. The largest absolute Gasteiger partial charge is 0.508 e. The van der Waals surface area contributed by atoms with Crippen molar-refractivity contribution in [3.05, 3.63) is 45.7 Å². The molecule has 3 aliphatic carbocycles. The monoisotopic (exact) mass is 554 g/mol. The van der Waals surface area contributed by atoms with Crippen LogP contribution in [-0.2, 0) is 20.8 Å². The molecule has 0 radical (unpaired) electrons. The van der Waals surface area contributed by atoms with Crippen LogP contribution in [0.2, 0.25) is 0 Å². The molecule has 8 heteroatoms. The van der Waals surface area contributed by atoms with Gasteiger partial charge in [-0.1, -0.05) is 67.0 Å². The molecule has 3 aliphatic rings. The fraction of sp³-hybridized carbons (Fsp3) is 0.594. The summed E-state index contributed by atoms with van der Waals surface area (Å²) in [6.45, 7) is 13.4. The number of fused-ring (bicyclic) bond motifs is 3. The molecule has 0 aliphatic heterocycles. The van der Waals surface area contributed by atoms with Gasteiger partial charge in [-0.2, -0.15) is 0 Å². The first-order chi connectivity index (χ1) is 18.4. The second-order valence-electron chi connectivity index (χ2n) is 13.1. The quantitative estimate of drug-likeness (QED) is 0.317. The summed E-state index contributed by atoms with van der Waals surface area (Å²) in [4.78, 5) is 40.6. The normalized spacial score (nSPS) is 33.9. The number of phenolic OH excluding ortho intramolecular Hbond substituents is 1. The van der Waals surface area contributed by atoms with Crippen molar-refractivity contribution < 1.29 is 39.9 Å². The fourth-order valence-electron chi connectivity index (χ4n) is 7.87. The van der Waals surface area contributed by atoms with Gasteiger partial charge < -0.3 is 25.5 Å². The second kappa shape index (κ2) is 9.55. The molecule has 0 heterocycles. The Labute approximate surface area is 235 Å². The van der Waals surface area contributed by atoms with E-state index in [2.05, 4.69) is 13.8 Å². The van der Waals surface area contributed by atoms with Crippen LogP contribution in [0.5, 0.6) is 5.75 Å². The Morgan fingerprint density at radius 3 is 2.17 bits per heavy atom. The first kappa shape index (κ1) is 30.0. The number of carbonyl (C=O) groups excluding carboxylic acids is 3. The van der Waals surface area contributed by atoms with E-state index >= 15 is 0 Å². The molecule has 0 spiro atoms. The minimum absolute atomic E-state index is 0.0531. The van der Waals surface area contributed by atoms with Crippen LogP contribution in [0.3, 0.4) is 0 Å². The van der Waals surface area contributed by atoms with E-state index < -0.39 is 74.7 Å². The number of aliphatic hydroxyl groups excluding tert-OH is 3. The van der Waals surface area contributed by atoms with Gasteiger partial charge in [0.05, 0.1) is 17.2 Å². The van der Waals surface area contributed by atoms with Gasteiger partial charge in [0.2, 0.25) is 5.78 Å². The van der Waals surface area contributed by atoms with Crippen molar-refractivity contribution in [3.63, 3.8) is 0 Å². The van der Waals surface area contributed by atoms with E-state index in [0.29, 0.717) is 23.5 Å². The minimum Gasteiger partial charge on any atom is -0.508 e. The number of ketones is 3. The highest BCUT2D eigenvalue weighted by Crippen LogP contribution is 2.67.